The van der Waals surface area contributed by atoms with Crippen LogP contribution in [0.25, 0.3) is 0 Å². The highest BCUT2D eigenvalue weighted by molar-refractivity contribution is 5.58. The van der Waals surface area contributed by atoms with Gasteiger partial charge in [-0.3, -0.25) is 0 Å². The van der Waals surface area contributed by atoms with Crippen molar-refractivity contribution in [1.82, 2.24) is 0 Å². The summed E-state index contributed by atoms with van der Waals surface area (Å²) in [4.78, 5) is 2.46. The maximum absolute atomic E-state index is 5.87. The summed E-state index contributed by atoms with van der Waals surface area (Å²) >= 11 is 0. The molecule has 1 aromatic carbocycles. The summed E-state index contributed by atoms with van der Waals surface area (Å²) < 4.78 is 0. The largest absolute Gasteiger partial charge is 0.399 e. The Morgan fingerprint density at radius 3 is 2.80 bits per heavy atom. The third kappa shape index (κ3) is 2.44. The van der Waals surface area contributed by atoms with Crippen molar-refractivity contribution < 1.29 is 0 Å². The van der Waals surface area contributed by atoms with Crippen LogP contribution in [0.15, 0.2) is 18.2 Å². The molecule has 0 saturated carbocycles. The smallest absolute Gasteiger partial charge is 0.0389 e. The van der Waals surface area contributed by atoms with E-state index in [2.05, 4.69) is 30.9 Å². The fourth-order valence-electron chi connectivity index (χ4n) is 2.40. The minimum Gasteiger partial charge on any atom is -0.399 e. The number of nitrogen functional groups attached to an aromatic ring is 1. The van der Waals surface area contributed by atoms with Crippen LogP contribution in [0.2, 0.25) is 0 Å². The van der Waals surface area contributed by atoms with Gasteiger partial charge in [0.15, 0.2) is 0 Å². The van der Waals surface area contributed by atoms with E-state index in [0.717, 1.165) is 11.6 Å². The standard InChI is InChI=1S/C13H20N2/c1-10-4-3-5-15(9-10)13-7-11(2)6-12(14)8-13/h6-8,10H,3-5,9,14H2,1-2H3. The maximum atomic E-state index is 5.87. The molecule has 0 amide bonds. The second kappa shape index (κ2) is 4.13. The van der Waals surface area contributed by atoms with E-state index in [1.165, 1.54) is 37.2 Å². The molecule has 1 heterocycles. The molecule has 15 heavy (non-hydrogen) atoms. The van der Waals surface area contributed by atoms with Gasteiger partial charge in [-0.15, -0.1) is 0 Å². The Hall–Kier alpha value is -1.18. The van der Waals surface area contributed by atoms with Crippen LogP contribution < -0.4 is 10.6 Å². The number of nitrogens with two attached hydrogens (primary N) is 1. The van der Waals surface area contributed by atoms with E-state index in [9.17, 15) is 0 Å². The summed E-state index contributed by atoms with van der Waals surface area (Å²) in [6.45, 7) is 6.77. The molecule has 1 fully saturated rings. The topological polar surface area (TPSA) is 29.3 Å². The first-order valence-electron chi connectivity index (χ1n) is 5.77. The molecule has 2 N–H and O–H groups in total. The van der Waals surface area contributed by atoms with Crippen LogP contribution in [0.3, 0.4) is 0 Å². The summed E-state index contributed by atoms with van der Waals surface area (Å²) in [6.07, 6.45) is 2.66. The Balaban J connectivity index is 2.20. The molecule has 2 nitrogen and oxygen atoms in total. The average Bonchev–Trinajstić information content (AvgIpc) is 2.16. The number of hydrogen-bond donors (Lipinski definition) is 1. The fourth-order valence-corrected chi connectivity index (χ4v) is 2.40. The van der Waals surface area contributed by atoms with Crippen molar-refractivity contribution in [3.8, 4) is 0 Å². The first kappa shape index (κ1) is 10.3. The minimum absolute atomic E-state index is 0.806. The van der Waals surface area contributed by atoms with Gasteiger partial charge in [-0.25, -0.2) is 0 Å². The van der Waals surface area contributed by atoms with Gasteiger partial charge in [0.25, 0.3) is 0 Å². The van der Waals surface area contributed by atoms with E-state index >= 15 is 0 Å². The summed E-state index contributed by atoms with van der Waals surface area (Å²) in [7, 11) is 0. The second-order valence-electron chi connectivity index (χ2n) is 4.80. The van der Waals surface area contributed by atoms with Crippen LogP contribution in [0, 0.1) is 12.8 Å². The molecule has 0 bridgehead atoms. The Morgan fingerprint density at radius 1 is 1.33 bits per heavy atom. The molecule has 1 atom stereocenters. The number of nitrogens with zero attached hydrogens (tertiary/aromatic N) is 1. The van der Waals surface area contributed by atoms with Crippen molar-refractivity contribution in [2.45, 2.75) is 26.7 Å². The van der Waals surface area contributed by atoms with Crippen LogP contribution in [0.4, 0.5) is 11.4 Å². The summed E-state index contributed by atoms with van der Waals surface area (Å²) in [5, 5.41) is 0. The van der Waals surface area contributed by atoms with E-state index < -0.39 is 0 Å². The minimum atomic E-state index is 0.806. The lowest BCUT2D eigenvalue weighted by molar-refractivity contribution is 0.447. The quantitative estimate of drug-likeness (QED) is 0.713. The third-order valence-corrected chi connectivity index (χ3v) is 3.11. The van der Waals surface area contributed by atoms with Gasteiger partial charge in [0.1, 0.15) is 0 Å². The fraction of sp³-hybridized carbons (Fsp3) is 0.538. The highest BCUT2D eigenvalue weighted by Crippen LogP contribution is 2.25. The van der Waals surface area contributed by atoms with Crippen LogP contribution >= 0.6 is 0 Å². The van der Waals surface area contributed by atoms with E-state index in [0.29, 0.717) is 0 Å². The van der Waals surface area contributed by atoms with Gasteiger partial charge in [0.2, 0.25) is 0 Å². The number of anilines is 2. The van der Waals surface area contributed by atoms with Gasteiger partial charge >= 0.3 is 0 Å². The normalized spacial score (nSPS) is 21.7. The molecule has 0 radical (unpaired) electrons. The van der Waals surface area contributed by atoms with Gasteiger partial charge < -0.3 is 10.6 Å². The van der Waals surface area contributed by atoms with E-state index in [1.807, 2.05) is 6.07 Å². The zero-order chi connectivity index (χ0) is 10.8. The molecule has 1 aromatic rings. The van der Waals surface area contributed by atoms with Crippen molar-refractivity contribution in [1.29, 1.82) is 0 Å². The molecule has 2 heteroatoms. The van der Waals surface area contributed by atoms with Gasteiger partial charge in [-0.1, -0.05) is 6.92 Å². The molecule has 0 aromatic heterocycles. The summed E-state index contributed by atoms with van der Waals surface area (Å²) in [5.74, 6) is 0.806. The molecule has 1 aliphatic rings. The van der Waals surface area contributed by atoms with Crippen molar-refractivity contribution in [3.63, 3.8) is 0 Å². The Morgan fingerprint density at radius 2 is 2.13 bits per heavy atom. The van der Waals surface area contributed by atoms with Crippen LogP contribution in [-0.2, 0) is 0 Å². The Labute approximate surface area is 92.1 Å². The highest BCUT2D eigenvalue weighted by Gasteiger charge is 2.16. The molecule has 1 unspecified atom stereocenters. The van der Waals surface area contributed by atoms with Crippen molar-refractivity contribution in [2.75, 3.05) is 23.7 Å². The number of piperidine rings is 1. The molecule has 2 rings (SSSR count). The Bertz CT molecular complexity index is 326. The van der Waals surface area contributed by atoms with E-state index in [1.54, 1.807) is 0 Å². The molecular weight excluding hydrogens is 184 g/mol. The summed E-state index contributed by atoms with van der Waals surface area (Å²) in [6, 6.07) is 6.34. The number of hydrogen-bond acceptors (Lipinski definition) is 2. The average molecular weight is 204 g/mol. The first-order chi connectivity index (χ1) is 7.15. The van der Waals surface area contributed by atoms with Gasteiger partial charge in [-0.2, -0.15) is 0 Å². The van der Waals surface area contributed by atoms with Gasteiger partial charge in [0, 0.05) is 24.5 Å². The monoisotopic (exact) mass is 204 g/mol. The summed E-state index contributed by atoms with van der Waals surface area (Å²) in [5.41, 5.74) is 9.30. The van der Waals surface area contributed by atoms with Gasteiger partial charge in [-0.05, 0) is 49.4 Å². The highest BCUT2D eigenvalue weighted by atomic mass is 15.1. The zero-order valence-electron chi connectivity index (χ0n) is 9.66. The molecule has 0 spiro atoms. The van der Waals surface area contributed by atoms with Crippen LogP contribution in [0.1, 0.15) is 25.3 Å². The maximum Gasteiger partial charge on any atom is 0.0389 e. The number of aryl methyl sites for hydroxylation is 1. The van der Waals surface area contributed by atoms with Crippen molar-refractivity contribution in [2.24, 2.45) is 5.92 Å². The van der Waals surface area contributed by atoms with Gasteiger partial charge in [0.05, 0.1) is 0 Å². The number of benzene rings is 1. The zero-order valence-corrected chi connectivity index (χ0v) is 9.66. The van der Waals surface area contributed by atoms with Crippen LogP contribution in [-0.4, -0.2) is 13.1 Å². The first-order valence-corrected chi connectivity index (χ1v) is 5.77. The molecule has 1 aliphatic heterocycles. The molecule has 0 aliphatic carbocycles. The second-order valence-corrected chi connectivity index (χ2v) is 4.80. The molecular formula is C13H20N2. The van der Waals surface area contributed by atoms with Crippen molar-refractivity contribution in [3.05, 3.63) is 23.8 Å². The molecule has 82 valence electrons. The Kier molecular flexibility index (Phi) is 2.85. The lowest BCUT2D eigenvalue weighted by atomic mass is 9.99. The number of rotatable bonds is 1. The predicted octanol–water partition coefficient (Wildman–Crippen LogP) is 2.81. The molecule has 1 saturated heterocycles. The lowest BCUT2D eigenvalue weighted by Gasteiger charge is -2.33. The van der Waals surface area contributed by atoms with E-state index in [-0.39, 0.29) is 0 Å². The van der Waals surface area contributed by atoms with Crippen LogP contribution in [0.5, 0.6) is 0 Å². The van der Waals surface area contributed by atoms with E-state index in [4.69, 9.17) is 5.73 Å². The predicted molar refractivity (Wildman–Crippen MR) is 66.2 cm³/mol. The third-order valence-electron chi connectivity index (χ3n) is 3.11. The van der Waals surface area contributed by atoms with Crippen molar-refractivity contribution >= 4 is 11.4 Å². The SMILES string of the molecule is Cc1cc(N)cc(N2CCCC(C)C2)c1. The lowest BCUT2D eigenvalue weighted by Crippen LogP contribution is -2.34.